The first-order chi connectivity index (χ1) is 10.5. The van der Waals surface area contributed by atoms with E-state index in [0.717, 1.165) is 0 Å². The number of phenolic OH excluding ortho intramolecular Hbond substituents is 1. The summed E-state index contributed by atoms with van der Waals surface area (Å²) >= 11 is 0. The summed E-state index contributed by atoms with van der Waals surface area (Å²) in [6.07, 6.45) is -1.35. The van der Waals surface area contributed by atoms with Gasteiger partial charge in [-0.3, -0.25) is 0 Å². The van der Waals surface area contributed by atoms with Crippen molar-refractivity contribution in [3.05, 3.63) is 34.7 Å². The van der Waals surface area contributed by atoms with Gasteiger partial charge in [0, 0.05) is 30.4 Å². The van der Waals surface area contributed by atoms with Crippen LogP contribution in [0.5, 0.6) is 11.5 Å². The second kappa shape index (κ2) is 5.96. The average Bonchev–Trinajstić information content (AvgIpc) is 2.47. The summed E-state index contributed by atoms with van der Waals surface area (Å²) in [5.41, 5.74) is -0.264. The summed E-state index contributed by atoms with van der Waals surface area (Å²) in [5, 5.41) is 29.4. The molecule has 2 heterocycles. The van der Waals surface area contributed by atoms with Gasteiger partial charge in [-0.05, 0) is 12.1 Å². The normalized spacial score (nSPS) is 25.3. The van der Waals surface area contributed by atoms with Crippen molar-refractivity contribution in [2.75, 3.05) is 6.61 Å². The van der Waals surface area contributed by atoms with Crippen LogP contribution in [-0.2, 0) is 4.74 Å². The lowest BCUT2D eigenvalue weighted by Gasteiger charge is -2.32. The molecule has 7 heteroatoms. The second-order valence-corrected chi connectivity index (χ2v) is 5.23. The van der Waals surface area contributed by atoms with Gasteiger partial charge in [-0.2, -0.15) is 0 Å². The third-order valence-corrected chi connectivity index (χ3v) is 3.51. The zero-order chi connectivity index (χ0) is 15.7. The Balaban J connectivity index is 1.85. The molecule has 1 aromatic carbocycles. The predicted molar refractivity (Wildman–Crippen MR) is 75.8 cm³/mol. The molecule has 22 heavy (non-hydrogen) atoms. The molecule has 1 fully saturated rings. The maximum atomic E-state index is 11.2. The van der Waals surface area contributed by atoms with E-state index in [4.69, 9.17) is 19.0 Å². The summed E-state index contributed by atoms with van der Waals surface area (Å²) in [6.45, 7) is -0.216. The Morgan fingerprint density at radius 2 is 2.09 bits per heavy atom. The van der Waals surface area contributed by atoms with Crippen LogP contribution in [0.2, 0.25) is 0 Å². The minimum absolute atomic E-state index is 0.150. The number of hydrogen-bond acceptors (Lipinski definition) is 7. The molecule has 0 aliphatic carbocycles. The van der Waals surface area contributed by atoms with Crippen molar-refractivity contribution in [1.29, 1.82) is 0 Å². The summed E-state index contributed by atoms with van der Waals surface area (Å²) in [5.74, 6) is -0.0526. The lowest BCUT2D eigenvalue weighted by Crippen LogP contribution is -2.40. The Labute approximate surface area is 125 Å². The summed E-state index contributed by atoms with van der Waals surface area (Å²) in [4.78, 5) is 11.2. The zero-order valence-corrected chi connectivity index (χ0v) is 11.6. The van der Waals surface area contributed by atoms with Crippen LogP contribution >= 0.6 is 0 Å². The van der Waals surface area contributed by atoms with Crippen LogP contribution in [0.15, 0.2) is 33.5 Å². The first kappa shape index (κ1) is 14.8. The maximum Gasteiger partial charge on any atom is 0.336 e. The number of aromatic hydroxyl groups is 1. The standard InChI is InChI=1S/C15H16O7/c16-7-10-4-9(17)5-15(20-10)22-13-3-8-1-2-14(19)21-12(8)6-11(13)18/h1-3,6,9-10,15-18H,4-5,7H2. The molecular weight excluding hydrogens is 292 g/mol. The molecule has 1 saturated heterocycles. The number of phenols is 1. The third-order valence-electron chi connectivity index (χ3n) is 3.51. The lowest BCUT2D eigenvalue weighted by atomic mass is 10.1. The molecule has 0 amide bonds. The molecule has 1 aliphatic heterocycles. The number of benzene rings is 1. The van der Waals surface area contributed by atoms with E-state index in [1.807, 2.05) is 0 Å². The van der Waals surface area contributed by atoms with Gasteiger partial charge in [-0.15, -0.1) is 0 Å². The molecule has 0 spiro atoms. The van der Waals surface area contributed by atoms with Crippen LogP contribution in [0.25, 0.3) is 11.0 Å². The third kappa shape index (κ3) is 3.06. The molecule has 7 nitrogen and oxygen atoms in total. The molecule has 3 rings (SSSR count). The van der Waals surface area contributed by atoms with Gasteiger partial charge in [0.1, 0.15) is 5.58 Å². The van der Waals surface area contributed by atoms with Gasteiger partial charge in [-0.25, -0.2) is 4.79 Å². The Bertz CT molecular complexity index is 723. The zero-order valence-electron chi connectivity index (χ0n) is 11.6. The van der Waals surface area contributed by atoms with Gasteiger partial charge in [0.05, 0.1) is 18.8 Å². The monoisotopic (exact) mass is 308 g/mol. The molecule has 3 unspecified atom stereocenters. The van der Waals surface area contributed by atoms with Crippen LogP contribution in [-0.4, -0.2) is 40.4 Å². The first-order valence-corrected chi connectivity index (χ1v) is 6.93. The van der Waals surface area contributed by atoms with Crippen LogP contribution in [0.1, 0.15) is 12.8 Å². The van der Waals surface area contributed by atoms with Crippen LogP contribution in [0.4, 0.5) is 0 Å². The predicted octanol–water partition coefficient (Wildman–Crippen LogP) is 0.736. The molecule has 118 valence electrons. The molecule has 0 radical (unpaired) electrons. The van der Waals surface area contributed by atoms with Crippen molar-refractivity contribution in [1.82, 2.24) is 0 Å². The SMILES string of the molecule is O=c1ccc2cc(OC3CC(O)CC(CO)O3)c(O)cc2o1. The number of aliphatic hydroxyl groups is 2. The summed E-state index contributed by atoms with van der Waals surface area (Å²) < 4.78 is 16.0. The number of hydrogen-bond donors (Lipinski definition) is 3. The van der Waals surface area contributed by atoms with Crippen LogP contribution < -0.4 is 10.4 Å². The average molecular weight is 308 g/mol. The molecule has 1 aliphatic rings. The number of aliphatic hydroxyl groups excluding tert-OH is 2. The topological polar surface area (TPSA) is 109 Å². The van der Waals surface area contributed by atoms with Gasteiger partial charge in [0.2, 0.25) is 6.29 Å². The van der Waals surface area contributed by atoms with E-state index in [0.29, 0.717) is 11.8 Å². The van der Waals surface area contributed by atoms with Crippen molar-refractivity contribution >= 4 is 11.0 Å². The highest BCUT2D eigenvalue weighted by molar-refractivity contribution is 5.80. The van der Waals surface area contributed by atoms with Gasteiger partial charge < -0.3 is 29.2 Å². The quantitative estimate of drug-likeness (QED) is 0.717. The maximum absolute atomic E-state index is 11.2. The lowest BCUT2D eigenvalue weighted by molar-refractivity contribution is -0.185. The highest BCUT2D eigenvalue weighted by Crippen LogP contribution is 2.33. The first-order valence-electron chi connectivity index (χ1n) is 6.93. The number of ether oxygens (including phenoxy) is 2. The Kier molecular flexibility index (Phi) is 4.02. The molecule has 1 aromatic heterocycles. The minimum Gasteiger partial charge on any atom is -0.504 e. The molecule has 3 N–H and O–H groups in total. The molecular formula is C15H16O7. The smallest absolute Gasteiger partial charge is 0.336 e. The van der Waals surface area contributed by atoms with Crippen molar-refractivity contribution in [3.63, 3.8) is 0 Å². The van der Waals surface area contributed by atoms with E-state index in [-0.39, 0.29) is 30.1 Å². The summed E-state index contributed by atoms with van der Waals surface area (Å²) in [7, 11) is 0. The Morgan fingerprint density at radius 1 is 1.27 bits per heavy atom. The molecule has 3 atom stereocenters. The fraction of sp³-hybridized carbons (Fsp3) is 0.400. The molecule has 0 saturated carbocycles. The second-order valence-electron chi connectivity index (χ2n) is 5.23. The fourth-order valence-corrected chi connectivity index (χ4v) is 2.46. The van der Waals surface area contributed by atoms with Crippen LogP contribution in [0.3, 0.4) is 0 Å². The molecule has 2 aromatic rings. The van der Waals surface area contributed by atoms with Crippen molar-refractivity contribution in [2.24, 2.45) is 0 Å². The highest BCUT2D eigenvalue weighted by Gasteiger charge is 2.29. The number of fused-ring (bicyclic) bond motifs is 1. The van der Waals surface area contributed by atoms with E-state index in [1.54, 1.807) is 6.07 Å². The number of rotatable bonds is 3. The molecule has 0 bridgehead atoms. The van der Waals surface area contributed by atoms with Gasteiger partial charge >= 0.3 is 5.63 Å². The van der Waals surface area contributed by atoms with Crippen LogP contribution in [0, 0.1) is 0 Å². The fourth-order valence-electron chi connectivity index (χ4n) is 2.46. The van der Waals surface area contributed by atoms with E-state index in [9.17, 15) is 15.0 Å². The largest absolute Gasteiger partial charge is 0.504 e. The van der Waals surface area contributed by atoms with Gasteiger partial charge in [-0.1, -0.05) is 0 Å². The van der Waals surface area contributed by atoms with E-state index in [1.165, 1.54) is 18.2 Å². The Morgan fingerprint density at radius 3 is 2.86 bits per heavy atom. The van der Waals surface area contributed by atoms with Crippen molar-refractivity contribution in [2.45, 2.75) is 31.3 Å². The van der Waals surface area contributed by atoms with Gasteiger partial charge in [0.15, 0.2) is 11.5 Å². The minimum atomic E-state index is -0.778. The van der Waals surface area contributed by atoms with Crippen molar-refractivity contribution < 1.29 is 29.2 Å². The van der Waals surface area contributed by atoms with E-state index >= 15 is 0 Å². The van der Waals surface area contributed by atoms with E-state index < -0.39 is 24.1 Å². The highest BCUT2D eigenvalue weighted by atomic mass is 16.7. The van der Waals surface area contributed by atoms with Crippen molar-refractivity contribution in [3.8, 4) is 11.5 Å². The summed E-state index contributed by atoms with van der Waals surface area (Å²) in [6, 6.07) is 5.63. The van der Waals surface area contributed by atoms with Gasteiger partial charge in [0.25, 0.3) is 0 Å². The van der Waals surface area contributed by atoms with E-state index in [2.05, 4.69) is 0 Å². The Hall–Kier alpha value is -2.09.